The van der Waals surface area contributed by atoms with Crippen molar-refractivity contribution >= 4 is 20.1 Å². The van der Waals surface area contributed by atoms with Crippen molar-refractivity contribution in [3.05, 3.63) is 95.6 Å². The standard InChI is InChI=1S/C62H85NO12Si/c1-34-26-39-20-22-47-35(2)27-41(67-47)24-25-62-33-61(8)57(74-62)56-55(72-61)54(73-62)53-48(71-56)23-21-40(69-53)29-46(64)45(28-38-16-12-11-13-17-38)52-37(4)49(70-51(52)31-50(68-39)36(34)3)30-42(75-76(9,10)60(5,6)7)32-63-58(65)43-18-14-15-19-44(43)59(63)66/h11-19,34,37,39-42,45-57,64H,2-3,20-33H2,1,4-10H3/t34-,37+,39+,40?,41+,42+,45?,46?,47?,48+,49?,50?,51+,52?,53+,54+,55+,56-,57-,61+,62-/m1/s1. The summed E-state index contributed by atoms with van der Waals surface area (Å²) < 4.78 is 64.3. The molecule has 21 atom stereocenters. The van der Waals surface area contributed by atoms with Crippen LogP contribution in [0.1, 0.15) is 145 Å². The van der Waals surface area contributed by atoms with Crippen molar-refractivity contribution in [1.29, 1.82) is 0 Å². The van der Waals surface area contributed by atoms with Gasteiger partial charge in [0.2, 0.25) is 0 Å². The zero-order chi connectivity index (χ0) is 53.2. The van der Waals surface area contributed by atoms with Crippen molar-refractivity contribution in [1.82, 2.24) is 4.90 Å². The Morgan fingerprint density at radius 1 is 0.763 bits per heavy atom. The molecule has 414 valence electrons. The molecule has 2 aromatic rings. The summed E-state index contributed by atoms with van der Waals surface area (Å²) in [5.74, 6) is -1.63. The number of imide groups is 1. The number of hydrogen-bond acceptors (Lipinski definition) is 12. The second-order valence-corrected chi connectivity index (χ2v) is 31.5. The third-order valence-electron chi connectivity index (χ3n) is 20.6. The Hall–Kier alpha value is -3.12. The molecular formula is C62H85NO12Si. The lowest BCUT2D eigenvalue weighted by Gasteiger charge is -2.48. The van der Waals surface area contributed by atoms with Gasteiger partial charge in [0.05, 0.1) is 78.7 Å². The third-order valence-corrected chi connectivity index (χ3v) is 25.1. The van der Waals surface area contributed by atoms with Crippen molar-refractivity contribution in [3.8, 4) is 0 Å². The van der Waals surface area contributed by atoms with Gasteiger partial charge in [-0.05, 0) is 135 Å². The molecule has 11 aliphatic rings. The van der Waals surface area contributed by atoms with E-state index in [4.69, 9.17) is 48.9 Å². The molecule has 76 heavy (non-hydrogen) atoms. The predicted octanol–water partition coefficient (Wildman–Crippen LogP) is 10.1. The summed E-state index contributed by atoms with van der Waals surface area (Å²) in [5.41, 5.74) is 3.67. The minimum atomic E-state index is -2.46. The van der Waals surface area contributed by atoms with Crippen LogP contribution in [0, 0.1) is 23.7 Å². The molecule has 2 amide bonds. The highest BCUT2D eigenvalue weighted by Crippen LogP contribution is 2.59. The van der Waals surface area contributed by atoms with Gasteiger partial charge in [0.25, 0.3) is 11.8 Å². The first-order chi connectivity index (χ1) is 36.2. The topological polar surface area (TPSA) is 141 Å². The number of amides is 2. The van der Waals surface area contributed by atoms with Crippen LogP contribution in [0.4, 0.5) is 0 Å². The molecule has 0 saturated carbocycles. The molecule has 10 saturated heterocycles. The fourth-order valence-electron chi connectivity index (χ4n) is 15.5. The van der Waals surface area contributed by atoms with Gasteiger partial charge in [-0.2, -0.15) is 0 Å². The van der Waals surface area contributed by atoms with Crippen molar-refractivity contribution in [2.24, 2.45) is 23.7 Å². The van der Waals surface area contributed by atoms with Crippen LogP contribution in [-0.4, -0.2) is 140 Å². The lowest BCUT2D eigenvalue weighted by molar-refractivity contribution is -0.295. The van der Waals surface area contributed by atoms with Gasteiger partial charge >= 0.3 is 0 Å². The number of nitrogens with zero attached hydrogens (tertiary/aromatic N) is 1. The zero-order valence-corrected chi connectivity index (χ0v) is 47.4. The summed E-state index contributed by atoms with van der Waals surface area (Å²) >= 11 is 0. The molecule has 1 N–H and O–H groups in total. The van der Waals surface area contributed by atoms with Crippen LogP contribution in [0.2, 0.25) is 18.1 Å². The maximum absolute atomic E-state index is 14.0. The Morgan fingerprint density at radius 3 is 2.18 bits per heavy atom. The number of aliphatic hydroxyl groups excluding tert-OH is 1. The van der Waals surface area contributed by atoms with E-state index in [1.165, 1.54) is 4.90 Å². The molecular weight excluding hydrogens is 979 g/mol. The lowest BCUT2D eigenvalue weighted by atomic mass is 9.70. The molecule has 7 unspecified atom stereocenters. The van der Waals surface area contributed by atoms with Crippen molar-refractivity contribution in [2.45, 2.75) is 246 Å². The molecule has 11 heterocycles. The minimum absolute atomic E-state index is 0.00394. The van der Waals surface area contributed by atoms with Crippen molar-refractivity contribution < 1.29 is 57.0 Å². The van der Waals surface area contributed by atoms with E-state index in [1.54, 1.807) is 24.3 Å². The SMILES string of the molecule is C=C1C[C@@H]2CC[C@@]34C[C@]5(C)O[C@H]6[C@@H](O3)[C@H]3OC(CC[C@@H]3O[C@H]6[C@H]5O4)CC(O)C(Cc3ccccc3)C3[C@@H](C)C(C[C@@H](CN4C(=O)c5ccccc5C4=O)O[Si](C)(C)C(C)(C)C)O[C@H]3CC3O[C@@H](CCC1O2)C[C@@H](C)C3=C. The van der Waals surface area contributed by atoms with Gasteiger partial charge in [-0.25, -0.2) is 0 Å². The number of rotatable bonds is 8. The molecule has 1 spiro atoms. The van der Waals surface area contributed by atoms with E-state index in [2.05, 4.69) is 85.5 Å². The van der Waals surface area contributed by atoms with E-state index >= 15 is 0 Å². The number of benzene rings is 2. The first kappa shape index (κ1) is 53.5. The van der Waals surface area contributed by atoms with Gasteiger partial charge in [-0.15, -0.1) is 0 Å². The Kier molecular flexibility index (Phi) is 14.2. The van der Waals surface area contributed by atoms with Crippen LogP contribution in [0.3, 0.4) is 0 Å². The van der Waals surface area contributed by atoms with E-state index < -0.39 is 31.9 Å². The number of hydrogen-bond donors (Lipinski definition) is 1. The first-order valence-corrected chi connectivity index (χ1v) is 32.1. The fourth-order valence-corrected chi connectivity index (χ4v) is 16.9. The number of aliphatic hydroxyl groups is 1. The summed E-state index contributed by atoms with van der Waals surface area (Å²) in [4.78, 5) is 29.4. The predicted molar refractivity (Wildman–Crippen MR) is 288 cm³/mol. The van der Waals surface area contributed by atoms with Gasteiger partial charge in [-0.3, -0.25) is 14.5 Å². The summed E-state index contributed by atoms with van der Waals surface area (Å²) in [7, 11) is -2.46. The molecule has 12 bridgehead atoms. The van der Waals surface area contributed by atoms with E-state index in [0.29, 0.717) is 49.7 Å². The van der Waals surface area contributed by atoms with E-state index in [9.17, 15) is 14.7 Å². The number of carbonyl (C=O) groups is 2. The van der Waals surface area contributed by atoms with Crippen LogP contribution >= 0.6 is 0 Å². The number of carbonyl (C=O) groups excluding carboxylic acids is 2. The number of fused-ring (bicyclic) bond motifs is 7. The number of ether oxygens (including phenoxy) is 8. The summed E-state index contributed by atoms with van der Waals surface area (Å²) in [6, 6.07) is 17.6. The maximum atomic E-state index is 14.0. The average molecular weight is 1060 g/mol. The summed E-state index contributed by atoms with van der Waals surface area (Å²) in [6.45, 7) is 27.2. The van der Waals surface area contributed by atoms with Crippen LogP contribution < -0.4 is 0 Å². The van der Waals surface area contributed by atoms with Gasteiger partial charge in [0, 0.05) is 25.7 Å². The van der Waals surface area contributed by atoms with Crippen LogP contribution in [0.15, 0.2) is 78.9 Å². The summed E-state index contributed by atoms with van der Waals surface area (Å²) in [6.07, 6.45) is 4.81. The zero-order valence-electron chi connectivity index (χ0n) is 46.4. The maximum Gasteiger partial charge on any atom is 0.261 e. The molecule has 0 aromatic heterocycles. The van der Waals surface area contributed by atoms with Crippen molar-refractivity contribution in [3.63, 3.8) is 0 Å². The molecule has 2 aromatic carbocycles. The van der Waals surface area contributed by atoms with Gasteiger partial charge < -0.3 is 47.4 Å². The Bertz CT molecular complexity index is 2500. The highest BCUT2D eigenvalue weighted by atomic mass is 28.4. The Morgan fingerprint density at radius 2 is 1.45 bits per heavy atom. The largest absolute Gasteiger partial charge is 0.412 e. The highest BCUT2D eigenvalue weighted by Gasteiger charge is 2.73. The minimum Gasteiger partial charge on any atom is -0.412 e. The molecule has 0 aliphatic carbocycles. The Labute approximate surface area is 452 Å². The summed E-state index contributed by atoms with van der Waals surface area (Å²) in [5, 5.41) is 13.1. The fraction of sp³-hybridized carbons (Fsp3) is 0.710. The normalized spacial score (nSPS) is 43.7. The molecule has 0 radical (unpaired) electrons. The Balaban J connectivity index is 0.889. The first-order valence-electron chi connectivity index (χ1n) is 29.2. The average Bonchev–Trinajstić information content (AvgIpc) is 4.19. The molecule has 10 fully saturated rings. The lowest BCUT2D eigenvalue weighted by Crippen LogP contribution is -2.62. The molecule has 14 heteroatoms. The van der Waals surface area contributed by atoms with E-state index in [0.717, 1.165) is 61.7 Å². The van der Waals surface area contributed by atoms with E-state index in [1.807, 2.05) is 6.07 Å². The van der Waals surface area contributed by atoms with Crippen LogP contribution in [-0.2, 0) is 48.7 Å². The van der Waals surface area contributed by atoms with Crippen molar-refractivity contribution in [2.75, 3.05) is 6.54 Å². The quantitative estimate of drug-likeness (QED) is 0.153. The monoisotopic (exact) mass is 1060 g/mol. The second kappa shape index (κ2) is 20.1. The highest BCUT2D eigenvalue weighted by molar-refractivity contribution is 6.74. The van der Waals surface area contributed by atoms with Gasteiger partial charge in [0.15, 0.2) is 14.1 Å². The second-order valence-electron chi connectivity index (χ2n) is 26.8. The van der Waals surface area contributed by atoms with Crippen LogP contribution in [0.25, 0.3) is 0 Å². The third kappa shape index (κ3) is 9.70. The van der Waals surface area contributed by atoms with E-state index in [-0.39, 0.29) is 126 Å². The smallest absolute Gasteiger partial charge is 0.261 e. The molecule has 13 nitrogen and oxygen atoms in total. The van der Waals surface area contributed by atoms with Crippen LogP contribution in [0.5, 0.6) is 0 Å². The van der Waals surface area contributed by atoms with Gasteiger partial charge in [-0.1, -0.05) is 90.2 Å². The van der Waals surface area contributed by atoms with Gasteiger partial charge in [0.1, 0.15) is 36.1 Å². The molecule has 13 rings (SSSR count). The molecule has 11 aliphatic heterocycles.